The predicted octanol–water partition coefficient (Wildman–Crippen LogP) is 5.31. The highest BCUT2D eigenvalue weighted by Gasteiger charge is 2.30. The van der Waals surface area contributed by atoms with Gasteiger partial charge in [-0.15, -0.1) is 0 Å². The summed E-state index contributed by atoms with van der Waals surface area (Å²) in [6, 6.07) is 19.0. The number of piperazine rings is 1. The molecule has 4 aromatic rings. The van der Waals surface area contributed by atoms with Crippen molar-refractivity contribution < 1.29 is 18.1 Å². The molecule has 0 unspecified atom stereocenters. The Kier molecular flexibility index (Phi) is 9.47. The number of halogens is 1. The number of nitro benzene ring substituents is 1. The Morgan fingerprint density at radius 1 is 1.00 bits per heavy atom. The number of benzene rings is 3. The lowest BCUT2D eigenvalue weighted by Gasteiger charge is -2.36. The van der Waals surface area contributed by atoms with Crippen LogP contribution < -0.4 is 20.5 Å². The number of hydrogen-bond acceptors (Lipinski definition) is 9. The number of nitrogens with one attached hydrogen (secondary N) is 1. The number of para-hydroxylation sites is 2. The molecule has 0 amide bonds. The molecule has 0 bridgehead atoms. The molecular formula is C30H31ClN6O6S. The topological polar surface area (TPSA) is 140 Å². The summed E-state index contributed by atoms with van der Waals surface area (Å²) in [4.78, 5) is 26.3. The van der Waals surface area contributed by atoms with E-state index in [4.69, 9.17) is 16.3 Å². The Morgan fingerprint density at radius 3 is 2.36 bits per heavy atom. The first-order chi connectivity index (χ1) is 21.2. The standard InChI is InChI=1S/C30H31ClN6O6S/c1-2-3-16-32-28-27(21-33-36(30(28)38)22-8-5-4-6-9-22)34-17-19-35(20-18-34)44(41,42)24-14-12-23(13-15-24)43-29-25(31)10-7-11-26(29)37(39)40/h4-15,21,32H,2-3,16-20H2,1H3. The number of sulfonamides is 1. The molecule has 0 radical (unpaired) electrons. The molecule has 1 fully saturated rings. The van der Waals surface area contributed by atoms with Gasteiger partial charge in [-0.3, -0.25) is 14.9 Å². The van der Waals surface area contributed by atoms with Crippen LogP contribution in [0.15, 0.2) is 88.7 Å². The lowest BCUT2D eigenvalue weighted by Crippen LogP contribution is -2.49. The number of rotatable bonds is 11. The first-order valence-corrected chi connectivity index (χ1v) is 15.9. The second kappa shape index (κ2) is 13.5. The number of aromatic nitrogens is 2. The van der Waals surface area contributed by atoms with Crippen LogP contribution in [0.25, 0.3) is 5.69 Å². The van der Waals surface area contributed by atoms with E-state index in [2.05, 4.69) is 17.3 Å². The summed E-state index contributed by atoms with van der Waals surface area (Å²) in [6.07, 6.45) is 3.50. The third kappa shape index (κ3) is 6.54. The van der Waals surface area contributed by atoms with E-state index in [1.165, 1.54) is 51.5 Å². The van der Waals surface area contributed by atoms with Crippen molar-refractivity contribution in [3.05, 3.63) is 104 Å². The van der Waals surface area contributed by atoms with Crippen LogP contribution in [-0.2, 0) is 10.0 Å². The Morgan fingerprint density at radius 2 is 1.70 bits per heavy atom. The van der Waals surface area contributed by atoms with Gasteiger partial charge in [0.15, 0.2) is 0 Å². The van der Waals surface area contributed by atoms with Gasteiger partial charge in [0.25, 0.3) is 5.56 Å². The maximum Gasteiger partial charge on any atom is 0.313 e. The average Bonchev–Trinajstić information content (AvgIpc) is 3.03. The molecule has 1 saturated heterocycles. The largest absolute Gasteiger partial charge is 0.449 e. The van der Waals surface area contributed by atoms with Gasteiger partial charge in [-0.2, -0.15) is 14.1 Å². The smallest absolute Gasteiger partial charge is 0.313 e. The van der Waals surface area contributed by atoms with E-state index in [0.717, 1.165) is 12.8 Å². The third-order valence-corrected chi connectivity index (χ3v) is 9.40. The van der Waals surface area contributed by atoms with E-state index < -0.39 is 14.9 Å². The van der Waals surface area contributed by atoms with E-state index in [0.29, 0.717) is 36.7 Å². The molecule has 14 heteroatoms. The highest BCUT2D eigenvalue weighted by molar-refractivity contribution is 7.89. The van der Waals surface area contributed by atoms with Crippen LogP contribution >= 0.6 is 11.6 Å². The van der Waals surface area contributed by atoms with E-state index >= 15 is 0 Å². The molecule has 0 spiro atoms. The maximum atomic E-state index is 13.5. The molecule has 0 saturated carbocycles. The third-order valence-electron chi connectivity index (χ3n) is 7.19. The first kappa shape index (κ1) is 31.0. The molecule has 0 atom stereocenters. The highest BCUT2D eigenvalue weighted by Crippen LogP contribution is 2.38. The van der Waals surface area contributed by atoms with Gasteiger partial charge in [0.05, 0.1) is 32.4 Å². The first-order valence-electron chi connectivity index (χ1n) is 14.1. The van der Waals surface area contributed by atoms with Gasteiger partial charge in [0, 0.05) is 38.8 Å². The number of hydrogen-bond donors (Lipinski definition) is 1. The van der Waals surface area contributed by atoms with Crippen molar-refractivity contribution in [2.75, 3.05) is 42.9 Å². The minimum atomic E-state index is -3.85. The second-order valence-electron chi connectivity index (χ2n) is 10.0. The van der Waals surface area contributed by atoms with E-state index in [1.807, 2.05) is 35.2 Å². The minimum absolute atomic E-state index is 0.0565. The lowest BCUT2D eigenvalue weighted by atomic mass is 10.2. The summed E-state index contributed by atoms with van der Waals surface area (Å²) in [6.45, 7) is 3.80. The van der Waals surface area contributed by atoms with Crippen LogP contribution in [0.3, 0.4) is 0 Å². The minimum Gasteiger partial charge on any atom is -0.449 e. The summed E-state index contributed by atoms with van der Waals surface area (Å²) in [5, 5.41) is 19.1. The summed E-state index contributed by atoms with van der Waals surface area (Å²) >= 11 is 6.11. The average molecular weight is 639 g/mol. The molecule has 5 rings (SSSR count). The molecule has 1 N–H and O–H groups in total. The van der Waals surface area contributed by atoms with Crippen LogP contribution in [0.4, 0.5) is 17.1 Å². The van der Waals surface area contributed by atoms with Crippen molar-refractivity contribution in [3.8, 4) is 17.2 Å². The van der Waals surface area contributed by atoms with Crippen molar-refractivity contribution in [1.29, 1.82) is 0 Å². The Bertz CT molecular complexity index is 1790. The summed E-state index contributed by atoms with van der Waals surface area (Å²) in [5.41, 5.74) is 1.14. The van der Waals surface area contributed by atoms with Crippen molar-refractivity contribution in [1.82, 2.24) is 14.1 Å². The van der Waals surface area contributed by atoms with Crippen molar-refractivity contribution in [3.63, 3.8) is 0 Å². The lowest BCUT2D eigenvalue weighted by molar-refractivity contribution is -0.385. The van der Waals surface area contributed by atoms with Gasteiger partial charge in [-0.25, -0.2) is 8.42 Å². The van der Waals surface area contributed by atoms with Gasteiger partial charge in [0.2, 0.25) is 15.8 Å². The molecule has 2 heterocycles. The van der Waals surface area contributed by atoms with E-state index in [1.54, 1.807) is 6.20 Å². The Hall–Kier alpha value is -4.46. The van der Waals surface area contributed by atoms with Gasteiger partial charge in [0.1, 0.15) is 11.4 Å². The van der Waals surface area contributed by atoms with Crippen LogP contribution in [0.1, 0.15) is 19.8 Å². The Balaban J connectivity index is 1.31. The second-order valence-corrected chi connectivity index (χ2v) is 12.4. The summed E-state index contributed by atoms with van der Waals surface area (Å²) < 4.78 is 35.3. The van der Waals surface area contributed by atoms with Crippen molar-refractivity contribution >= 4 is 38.7 Å². The van der Waals surface area contributed by atoms with Crippen LogP contribution in [0.5, 0.6) is 11.5 Å². The SMILES string of the molecule is CCCCNc1c(N2CCN(S(=O)(=O)c3ccc(Oc4c(Cl)cccc4[N+](=O)[O-])cc3)CC2)cnn(-c2ccccc2)c1=O. The van der Waals surface area contributed by atoms with Crippen LogP contribution in [0.2, 0.25) is 5.02 Å². The highest BCUT2D eigenvalue weighted by atomic mass is 35.5. The predicted molar refractivity (Wildman–Crippen MR) is 169 cm³/mol. The monoisotopic (exact) mass is 638 g/mol. The number of anilines is 2. The van der Waals surface area contributed by atoms with Gasteiger partial charge < -0.3 is 15.0 Å². The zero-order valence-corrected chi connectivity index (χ0v) is 25.5. The van der Waals surface area contributed by atoms with E-state index in [-0.39, 0.29) is 45.8 Å². The normalized spacial score (nSPS) is 13.9. The molecule has 44 heavy (non-hydrogen) atoms. The number of nitrogens with zero attached hydrogens (tertiary/aromatic N) is 5. The molecule has 1 aliphatic heterocycles. The molecular weight excluding hydrogens is 608 g/mol. The van der Waals surface area contributed by atoms with Crippen molar-refractivity contribution in [2.24, 2.45) is 0 Å². The maximum absolute atomic E-state index is 13.5. The molecule has 230 valence electrons. The zero-order chi connectivity index (χ0) is 31.3. The molecule has 12 nitrogen and oxygen atoms in total. The number of unbranched alkanes of at least 4 members (excludes halogenated alkanes) is 1. The Labute approximate surface area is 259 Å². The fourth-order valence-electron chi connectivity index (χ4n) is 4.85. The zero-order valence-electron chi connectivity index (χ0n) is 23.9. The molecule has 3 aromatic carbocycles. The number of ether oxygens (including phenoxy) is 1. The number of nitro groups is 1. The van der Waals surface area contributed by atoms with Gasteiger partial charge in [-0.1, -0.05) is 49.2 Å². The van der Waals surface area contributed by atoms with E-state index in [9.17, 15) is 23.3 Å². The van der Waals surface area contributed by atoms with Gasteiger partial charge in [-0.05, 0) is 48.9 Å². The molecule has 1 aliphatic rings. The molecule has 1 aromatic heterocycles. The molecule has 0 aliphatic carbocycles. The summed E-state index contributed by atoms with van der Waals surface area (Å²) in [7, 11) is -3.85. The fourth-order valence-corrected chi connectivity index (χ4v) is 6.48. The summed E-state index contributed by atoms with van der Waals surface area (Å²) in [5.74, 6) is 0.0752. The van der Waals surface area contributed by atoms with Crippen LogP contribution in [0, 0.1) is 10.1 Å². The fraction of sp³-hybridized carbons (Fsp3) is 0.267. The van der Waals surface area contributed by atoms with Gasteiger partial charge >= 0.3 is 5.69 Å². The van der Waals surface area contributed by atoms with Crippen LogP contribution in [-0.4, -0.2) is 60.2 Å². The van der Waals surface area contributed by atoms with Crippen molar-refractivity contribution in [2.45, 2.75) is 24.7 Å². The quantitative estimate of drug-likeness (QED) is 0.131.